The normalized spacial score (nSPS) is 27.8. The van der Waals surface area contributed by atoms with Crippen LogP contribution in [0.4, 0.5) is 9.18 Å². The average molecular weight is 501 g/mol. The van der Waals surface area contributed by atoms with Gasteiger partial charge in [-0.25, -0.2) is 21.9 Å². The highest BCUT2D eigenvalue weighted by molar-refractivity contribution is 7.89. The van der Waals surface area contributed by atoms with Gasteiger partial charge in [0.25, 0.3) is 0 Å². The molecule has 2 aliphatic rings. The van der Waals surface area contributed by atoms with E-state index in [1.54, 1.807) is 24.1 Å². The van der Waals surface area contributed by atoms with E-state index in [0.29, 0.717) is 18.9 Å². The fourth-order valence-corrected chi connectivity index (χ4v) is 6.42. The Labute approximate surface area is 202 Å². The molecular formula is C24H37FN2O6S. The number of hydrogen-bond acceptors (Lipinski definition) is 6. The van der Waals surface area contributed by atoms with Crippen LogP contribution in [0.15, 0.2) is 24.3 Å². The van der Waals surface area contributed by atoms with E-state index in [9.17, 15) is 17.6 Å². The molecule has 0 radical (unpaired) electrons. The van der Waals surface area contributed by atoms with Crippen molar-refractivity contribution in [2.24, 2.45) is 5.92 Å². The first kappa shape index (κ1) is 26.8. The Kier molecular flexibility index (Phi) is 9.31. The van der Waals surface area contributed by atoms with E-state index in [-0.39, 0.29) is 36.2 Å². The number of benzene rings is 1. The second kappa shape index (κ2) is 11.8. The molecule has 3 atom stereocenters. The lowest BCUT2D eigenvalue weighted by Crippen LogP contribution is -2.47. The van der Waals surface area contributed by atoms with Gasteiger partial charge >= 0.3 is 6.09 Å². The lowest BCUT2D eigenvalue weighted by atomic mass is 9.82. The van der Waals surface area contributed by atoms with Crippen LogP contribution in [0.3, 0.4) is 0 Å². The monoisotopic (exact) mass is 500 g/mol. The summed E-state index contributed by atoms with van der Waals surface area (Å²) in [5.74, 6) is -0.286. The maximum absolute atomic E-state index is 13.6. The summed E-state index contributed by atoms with van der Waals surface area (Å²) in [4.78, 5) is 14.2. The third kappa shape index (κ3) is 6.47. The predicted octanol–water partition coefficient (Wildman–Crippen LogP) is 3.23. The number of methoxy groups -OCH3 is 2. The molecular weight excluding hydrogens is 463 g/mol. The zero-order valence-corrected chi connectivity index (χ0v) is 21.3. The molecule has 1 aromatic carbocycles. The Morgan fingerprint density at radius 1 is 1.15 bits per heavy atom. The first-order valence-electron chi connectivity index (χ1n) is 11.8. The van der Waals surface area contributed by atoms with Crippen LogP contribution in [0, 0.1) is 11.7 Å². The Hall–Kier alpha value is -1.75. The van der Waals surface area contributed by atoms with Gasteiger partial charge in [-0.3, -0.25) is 4.90 Å². The van der Waals surface area contributed by atoms with Crippen molar-refractivity contribution in [2.45, 2.75) is 56.2 Å². The second-order valence-electron chi connectivity index (χ2n) is 9.47. The van der Waals surface area contributed by atoms with Crippen molar-refractivity contribution in [3.05, 3.63) is 35.6 Å². The lowest BCUT2D eigenvalue weighted by Gasteiger charge is -2.33. The molecule has 0 N–H and O–H groups in total. The molecule has 3 rings (SSSR count). The van der Waals surface area contributed by atoms with E-state index in [4.69, 9.17) is 14.2 Å². The third-order valence-electron chi connectivity index (χ3n) is 7.09. The molecule has 1 saturated carbocycles. The molecule has 10 heteroatoms. The van der Waals surface area contributed by atoms with E-state index in [2.05, 4.69) is 0 Å². The number of ether oxygens (including phenoxy) is 3. The van der Waals surface area contributed by atoms with Crippen LogP contribution < -0.4 is 0 Å². The largest absolute Gasteiger partial charge is 0.453 e. The molecule has 1 aliphatic carbocycles. The number of nitrogens with zero attached hydrogens (tertiary/aromatic N) is 2. The number of carbonyl (C=O) groups excluding carboxylic acids is 1. The van der Waals surface area contributed by atoms with Gasteiger partial charge in [0.15, 0.2) is 0 Å². The average Bonchev–Trinajstić information content (AvgIpc) is 3.13. The molecule has 1 amide bonds. The van der Waals surface area contributed by atoms with Gasteiger partial charge in [-0.1, -0.05) is 12.1 Å². The Morgan fingerprint density at radius 3 is 2.44 bits per heavy atom. The van der Waals surface area contributed by atoms with Crippen molar-refractivity contribution in [3.8, 4) is 0 Å². The Morgan fingerprint density at radius 2 is 1.85 bits per heavy atom. The predicted molar refractivity (Wildman–Crippen MR) is 127 cm³/mol. The smallest absolute Gasteiger partial charge is 0.410 e. The van der Waals surface area contributed by atoms with Crippen LogP contribution in [-0.4, -0.2) is 89.2 Å². The molecule has 1 heterocycles. The van der Waals surface area contributed by atoms with E-state index < -0.39 is 22.2 Å². The zero-order valence-electron chi connectivity index (χ0n) is 20.5. The highest BCUT2D eigenvalue weighted by Crippen LogP contribution is 2.36. The minimum atomic E-state index is -3.47. The van der Waals surface area contributed by atoms with Crippen molar-refractivity contribution in [2.75, 3.05) is 47.3 Å². The molecule has 192 valence electrons. The van der Waals surface area contributed by atoms with Crippen molar-refractivity contribution in [3.63, 3.8) is 0 Å². The van der Waals surface area contributed by atoms with Gasteiger partial charge < -0.3 is 14.2 Å². The topological polar surface area (TPSA) is 85.4 Å². The van der Waals surface area contributed by atoms with Gasteiger partial charge in [-0.15, -0.1) is 0 Å². The molecule has 0 aromatic heterocycles. The number of hydrogen-bond donors (Lipinski definition) is 0. The highest BCUT2D eigenvalue weighted by Gasteiger charge is 2.46. The summed E-state index contributed by atoms with van der Waals surface area (Å²) >= 11 is 0. The highest BCUT2D eigenvalue weighted by atomic mass is 32.2. The minimum Gasteiger partial charge on any atom is -0.453 e. The van der Waals surface area contributed by atoms with E-state index >= 15 is 0 Å². The van der Waals surface area contributed by atoms with Crippen LogP contribution in [0.25, 0.3) is 0 Å². The minimum absolute atomic E-state index is 0.0110. The molecule has 1 aliphatic heterocycles. The van der Waals surface area contributed by atoms with Gasteiger partial charge in [0.1, 0.15) is 5.82 Å². The molecule has 0 unspecified atom stereocenters. The summed E-state index contributed by atoms with van der Waals surface area (Å²) in [6, 6.07) is 6.06. The molecule has 2 fully saturated rings. The number of halogens is 1. The van der Waals surface area contributed by atoms with Crippen molar-refractivity contribution < 1.29 is 31.8 Å². The number of sulfonamides is 1. The van der Waals surface area contributed by atoms with Crippen LogP contribution in [-0.2, 0) is 24.2 Å². The molecule has 1 saturated heterocycles. The Balaban J connectivity index is 1.67. The number of likely N-dealkylation sites (tertiary alicyclic amines) is 1. The van der Waals surface area contributed by atoms with E-state index in [0.717, 1.165) is 31.2 Å². The van der Waals surface area contributed by atoms with Gasteiger partial charge in [0.2, 0.25) is 10.0 Å². The number of rotatable bonds is 9. The molecule has 8 nitrogen and oxygen atoms in total. The lowest BCUT2D eigenvalue weighted by molar-refractivity contribution is -0.0157. The summed E-state index contributed by atoms with van der Waals surface area (Å²) in [6.45, 7) is 0.529. The maximum Gasteiger partial charge on any atom is 0.410 e. The second-order valence-corrected chi connectivity index (χ2v) is 11.7. The summed E-state index contributed by atoms with van der Waals surface area (Å²) in [7, 11) is 2.44. The van der Waals surface area contributed by atoms with Gasteiger partial charge in [0, 0.05) is 21.2 Å². The summed E-state index contributed by atoms with van der Waals surface area (Å²) < 4.78 is 56.7. The van der Waals surface area contributed by atoms with Crippen LogP contribution in [0.1, 0.15) is 43.6 Å². The summed E-state index contributed by atoms with van der Waals surface area (Å²) in [6.07, 6.45) is 3.44. The quantitative estimate of drug-likeness (QED) is 0.518. The number of carbonyl (C=O) groups is 1. The van der Waals surface area contributed by atoms with Gasteiger partial charge in [-0.2, -0.15) is 0 Å². The molecule has 0 spiro atoms. The van der Waals surface area contributed by atoms with Crippen molar-refractivity contribution >= 4 is 16.1 Å². The fourth-order valence-electron chi connectivity index (χ4n) is 5.22. The molecule has 1 aromatic rings. The molecule has 0 bridgehead atoms. The number of amides is 1. The van der Waals surface area contributed by atoms with Crippen LogP contribution in [0.5, 0.6) is 0 Å². The van der Waals surface area contributed by atoms with Gasteiger partial charge in [-0.05, 0) is 61.6 Å². The van der Waals surface area contributed by atoms with Gasteiger partial charge in [0.05, 0.1) is 44.3 Å². The standard InChI is InChI=1S/C24H37FN2O6S/c1-26(2)34(29,30)16-19-13-21(14-31-3)27(24(28)32-4)23(19)15-33-22-10-8-17(9-11-22)18-6-5-7-20(25)12-18/h5-7,12,17,19,21-23H,8-11,13-16H2,1-4H3/t17?,19-,21+,22?,23+/m1/s1. The Bertz CT molecular complexity index is 920. The summed E-state index contributed by atoms with van der Waals surface area (Å²) in [5, 5.41) is 0. The third-order valence-corrected chi connectivity index (χ3v) is 9.05. The first-order valence-corrected chi connectivity index (χ1v) is 13.4. The zero-order chi connectivity index (χ0) is 24.9. The SMILES string of the molecule is COC[C@@H]1C[C@H](CS(=O)(=O)N(C)C)[C@H](COC2CCC(c3cccc(F)c3)CC2)N1C(=O)OC. The fraction of sp³-hybridized carbons (Fsp3) is 0.708. The molecule has 34 heavy (non-hydrogen) atoms. The van der Waals surface area contributed by atoms with E-state index in [1.165, 1.54) is 31.6 Å². The first-order chi connectivity index (χ1) is 16.2. The van der Waals surface area contributed by atoms with Crippen LogP contribution in [0.2, 0.25) is 0 Å². The summed E-state index contributed by atoms with van der Waals surface area (Å²) in [5.41, 5.74) is 1.02. The van der Waals surface area contributed by atoms with Crippen molar-refractivity contribution in [1.82, 2.24) is 9.21 Å². The van der Waals surface area contributed by atoms with Crippen molar-refractivity contribution in [1.29, 1.82) is 0 Å². The van der Waals surface area contributed by atoms with E-state index in [1.807, 2.05) is 6.07 Å². The van der Waals surface area contributed by atoms with Crippen LogP contribution >= 0.6 is 0 Å². The maximum atomic E-state index is 13.6.